The van der Waals surface area contributed by atoms with Crippen LogP contribution in [0.2, 0.25) is 10.0 Å². The van der Waals surface area contributed by atoms with Gasteiger partial charge >= 0.3 is 5.97 Å². The molecule has 1 aliphatic heterocycles. The number of benzene rings is 1. The molecule has 2 rings (SSSR count). The average Bonchev–Trinajstić information content (AvgIpc) is 2.28. The number of halogens is 2. The van der Waals surface area contributed by atoms with Gasteiger partial charge in [0, 0.05) is 23.1 Å². The van der Waals surface area contributed by atoms with Crippen LogP contribution in [0.15, 0.2) is 18.2 Å². The molecule has 1 saturated heterocycles. The number of nitrogens with one attached hydrogen (secondary N) is 2. The molecule has 1 aromatic rings. The molecular weight excluding hydrogens is 287 g/mol. The quantitative estimate of drug-likeness (QED) is 0.751. The molecular formula is C13H16Cl2N2O2. The molecule has 104 valence electrons. The molecule has 0 aliphatic carbocycles. The summed E-state index contributed by atoms with van der Waals surface area (Å²) >= 11 is 11.9. The van der Waals surface area contributed by atoms with Gasteiger partial charge < -0.3 is 15.7 Å². The Morgan fingerprint density at radius 1 is 1.42 bits per heavy atom. The van der Waals surface area contributed by atoms with Gasteiger partial charge in [-0.05, 0) is 30.7 Å². The van der Waals surface area contributed by atoms with Crippen LogP contribution in [0.5, 0.6) is 0 Å². The molecule has 6 heteroatoms. The number of carboxylic acids is 1. The first-order valence-electron chi connectivity index (χ1n) is 6.12. The molecule has 0 saturated carbocycles. The molecule has 19 heavy (non-hydrogen) atoms. The molecule has 0 bridgehead atoms. The van der Waals surface area contributed by atoms with Gasteiger partial charge in [-0.2, -0.15) is 0 Å². The van der Waals surface area contributed by atoms with Crippen molar-refractivity contribution in [3.05, 3.63) is 33.8 Å². The van der Waals surface area contributed by atoms with Crippen LogP contribution in [0, 0.1) is 0 Å². The Morgan fingerprint density at radius 2 is 2.16 bits per heavy atom. The fraction of sp³-hybridized carbons (Fsp3) is 0.462. The van der Waals surface area contributed by atoms with Crippen molar-refractivity contribution in [3.8, 4) is 0 Å². The minimum Gasteiger partial charge on any atom is -0.481 e. The van der Waals surface area contributed by atoms with E-state index in [0.29, 0.717) is 29.7 Å². The summed E-state index contributed by atoms with van der Waals surface area (Å²) in [5.74, 6) is -0.779. The van der Waals surface area contributed by atoms with Gasteiger partial charge in [-0.1, -0.05) is 29.3 Å². The smallest absolute Gasteiger partial charge is 0.305 e. The fourth-order valence-corrected chi connectivity index (χ4v) is 2.72. The van der Waals surface area contributed by atoms with E-state index in [2.05, 4.69) is 10.6 Å². The molecule has 1 aliphatic rings. The van der Waals surface area contributed by atoms with Gasteiger partial charge in [0.25, 0.3) is 0 Å². The van der Waals surface area contributed by atoms with Crippen molar-refractivity contribution in [2.75, 3.05) is 19.6 Å². The third-order valence-corrected chi connectivity index (χ3v) is 3.91. The van der Waals surface area contributed by atoms with E-state index < -0.39 is 5.97 Å². The van der Waals surface area contributed by atoms with Gasteiger partial charge in [-0.3, -0.25) is 4.79 Å². The third-order valence-electron chi connectivity index (χ3n) is 3.33. The van der Waals surface area contributed by atoms with E-state index >= 15 is 0 Å². The molecule has 0 amide bonds. The molecule has 1 aromatic carbocycles. The zero-order valence-corrected chi connectivity index (χ0v) is 11.9. The molecule has 0 aromatic heterocycles. The number of carbonyl (C=O) groups is 1. The van der Waals surface area contributed by atoms with E-state index in [0.717, 1.165) is 12.0 Å². The Morgan fingerprint density at radius 3 is 2.68 bits per heavy atom. The summed E-state index contributed by atoms with van der Waals surface area (Å²) in [7, 11) is 0. The van der Waals surface area contributed by atoms with E-state index in [1.807, 2.05) is 6.07 Å². The number of aliphatic carboxylic acids is 1. The van der Waals surface area contributed by atoms with E-state index in [4.69, 9.17) is 28.3 Å². The van der Waals surface area contributed by atoms with E-state index in [1.54, 1.807) is 12.1 Å². The van der Waals surface area contributed by atoms with Crippen LogP contribution >= 0.6 is 23.2 Å². The van der Waals surface area contributed by atoms with Crippen molar-refractivity contribution in [1.29, 1.82) is 0 Å². The Bertz CT molecular complexity index is 476. The highest BCUT2D eigenvalue weighted by Crippen LogP contribution is 2.22. The Kier molecular flexibility index (Phi) is 4.68. The highest BCUT2D eigenvalue weighted by atomic mass is 35.5. The molecule has 1 fully saturated rings. The lowest BCUT2D eigenvalue weighted by molar-refractivity contribution is -0.139. The van der Waals surface area contributed by atoms with E-state index in [-0.39, 0.29) is 12.0 Å². The Labute approximate surface area is 122 Å². The molecule has 0 radical (unpaired) electrons. The van der Waals surface area contributed by atoms with Crippen LogP contribution in [0.1, 0.15) is 12.0 Å². The molecule has 0 unspecified atom stereocenters. The van der Waals surface area contributed by atoms with Crippen LogP contribution in [0.4, 0.5) is 0 Å². The zero-order chi connectivity index (χ0) is 13.9. The first kappa shape index (κ1) is 14.6. The average molecular weight is 303 g/mol. The maximum absolute atomic E-state index is 10.8. The van der Waals surface area contributed by atoms with Crippen LogP contribution < -0.4 is 10.6 Å². The third kappa shape index (κ3) is 3.83. The SMILES string of the molecule is O=C(O)CC1(NCCc2ccc(Cl)cc2Cl)CNC1. The number of carboxylic acid groups (broad SMARTS) is 1. The summed E-state index contributed by atoms with van der Waals surface area (Å²) in [6, 6.07) is 5.42. The highest BCUT2D eigenvalue weighted by Gasteiger charge is 2.38. The zero-order valence-electron chi connectivity index (χ0n) is 10.4. The minimum absolute atomic E-state index is 0.133. The van der Waals surface area contributed by atoms with Gasteiger partial charge in [0.05, 0.1) is 12.0 Å². The number of hydrogen-bond acceptors (Lipinski definition) is 3. The first-order chi connectivity index (χ1) is 9.01. The maximum atomic E-state index is 10.8. The molecule has 3 N–H and O–H groups in total. The monoisotopic (exact) mass is 302 g/mol. The van der Waals surface area contributed by atoms with Gasteiger partial charge in [0.15, 0.2) is 0 Å². The van der Waals surface area contributed by atoms with Gasteiger partial charge in [-0.15, -0.1) is 0 Å². The summed E-state index contributed by atoms with van der Waals surface area (Å²) in [5, 5.41) is 16.6. The van der Waals surface area contributed by atoms with Gasteiger partial charge in [-0.25, -0.2) is 0 Å². The van der Waals surface area contributed by atoms with E-state index in [9.17, 15) is 4.79 Å². The summed E-state index contributed by atoms with van der Waals surface area (Å²) in [5.41, 5.74) is 0.696. The highest BCUT2D eigenvalue weighted by molar-refractivity contribution is 6.35. The fourth-order valence-electron chi connectivity index (χ4n) is 2.22. The molecule has 0 atom stereocenters. The summed E-state index contributed by atoms with van der Waals surface area (Å²) in [6.45, 7) is 2.07. The standard InChI is InChI=1S/C13H16Cl2N2O2/c14-10-2-1-9(11(15)5-10)3-4-17-13(6-12(18)19)7-16-8-13/h1-2,5,16-17H,3-4,6-8H2,(H,18,19). The maximum Gasteiger partial charge on any atom is 0.305 e. The topological polar surface area (TPSA) is 61.4 Å². The van der Waals surface area contributed by atoms with Crippen LogP contribution in [0.3, 0.4) is 0 Å². The largest absolute Gasteiger partial charge is 0.481 e. The minimum atomic E-state index is -0.779. The van der Waals surface area contributed by atoms with Crippen molar-refractivity contribution < 1.29 is 9.90 Å². The normalized spacial score (nSPS) is 16.9. The van der Waals surface area contributed by atoms with Crippen molar-refractivity contribution in [2.45, 2.75) is 18.4 Å². The molecule has 0 spiro atoms. The number of rotatable bonds is 6. The second-order valence-electron chi connectivity index (χ2n) is 4.87. The molecule has 1 heterocycles. The number of hydrogen-bond donors (Lipinski definition) is 3. The van der Waals surface area contributed by atoms with Crippen molar-refractivity contribution in [2.24, 2.45) is 0 Å². The van der Waals surface area contributed by atoms with Crippen LogP contribution in [-0.4, -0.2) is 36.2 Å². The van der Waals surface area contributed by atoms with Crippen molar-refractivity contribution in [3.63, 3.8) is 0 Å². The summed E-state index contributed by atoms with van der Waals surface area (Å²) in [6.07, 6.45) is 0.881. The second-order valence-corrected chi connectivity index (χ2v) is 5.71. The van der Waals surface area contributed by atoms with Crippen LogP contribution in [0.25, 0.3) is 0 Å². The lowest BCUT2D eigenvalue weighted by Gasteiger charge is -2.42. The van der Waals surface area contributed by atoms with E-state index in [1.165, 1.54) is 0 Å². The van der Waals surface area contributed by atoms with Crippen molar-refractivity contribution in [1.82, 2.24) is 10.6 Å². The van der Waals surface area contributed by atoms with Gasteiger partial charge in [0.1, 0.15) is 0 Å². The predicted molar refractivity (Wildman–Crippen MR) is 76.0 cm³/mol. The summed E-state index contributed by atoms with van der Waals surface area (Å²) in [4.78, 5) is 10.8. The van der Waals surface area contributed by atoms with Crippen molar-refractivity contribution >= 4 is 29.2 Å². The van der Waals surface area contributed by atoms with Crippen LogP contribution in [-0.2, 0) is 11.2 Å². The molecule has 4 nitrogen and oxygen atoms in total. The second kappa shape index (κ2) is 6.09. The lowest BCUT2D eigenvalue weighted by atomic mass is 9.88. The first-order valence-corrected chi connectivity index (χ1v) is 6.88. The Hall–Kier alpha value is -0.810. The summed E-state index contributed by atoms with van der Waals surface area (Å²) < 4.78 is 0. The predicted octanol–water partition coefficient (Wildman–Crippen LogP) is 1.94. The van der Waals surface area contributed by atoms with Gasteiger partial charge in [0.2, 0.25) is 0 Å². The Balaban J connectivity index is 1.87. The lowest BCUT2D eigenvalue weighted by Crippen LogP contribution is -2.68.